The molecule has 10 heteroatoms. The lowest BCUT2D eigenvalue weighted by Gasteiger charge is -2.34. The maximum absolute atomic E-state index is 13.5. The molecule has 1 aromatic carbocycles. The molecule has 1 saturated heterocycles. The summed E-state index contributed by atoms with van der Waals surface area (Å²) in [6, 6.07) is 5.49. The highest BCUT2D eigenvalue weighted by Crippen LogP contribution is 2.35. The molecule has 4 rings (SSSR count). The average molecular weight is 481 g/mol. The summed E-state index contributed by atoms with van der Waals surface area (Å²) in [6.45, 7) is 5.14. The van der Waals surface area contributed by atoms with Crippen molar-refractivity contribution in [3.63, 3.8) is 0 Å². The van der Waals surface area contributed by atoms with E-state index in [0.717, 1.165) is 29.8 Å². The van der Waals surface area contributed by atoms with Crippen molar-refractivity contribution in [3.05, 3.63) is 41.5 Å². The number of benzene rings is 1. The molecule has 32 heavy (non-hydrogen) atoms. The molecule has 1 amide bonds. The number of amides is 1. The number of aryl methyl sites for hydroxylation is 1. The molecule has 0 radical (unpaired) electrons. The van der Waals surface area contributed by atoms with Gasteiger partial charge in [-0.2, -0.15) is 4.31 Å². The van der Waals surface area contributed by atoms with Crippen LogP contribution in [0.4, 0.5) is 4.39 Å². The van der Waals surface area contributed by atoms with E-state index in [2.05, 4.69) is 11.5 Å². The summed E-state index contributed by atoms with van der Waals surface area (Å²) >= 11 is 1.46. The van der Waals surface area contributed by atoms with Gasteiger partial charge in [-0.1, -0.05) is 30.7 Å². The van der Waals surface area contributed by atoms with Gasteiger partial charge in [0.25, 0.3) is 0 Å². The molecule has 2 aliphatic rings. The molecule has 2 aromatic rings. The monoisotopic (exact) mass is 480 g/mol. The van der Waals surface area contributed by atoms with E-state index in [1.807, 2.05) is 6.92 Å². The topological polar surface area (TPSA) is 75.5 Å². The molecule has 2 fully saturated rings. The normalized spacial score (nSPS) is 18.4. The van der Waals surface area contributed by atoms with Crippen molar-refractivity contribution in [2.24, 2.45) is 0 Å². The number of thioether (sulfide) groups is 1. The third-order valence-corrected chi connectivity index (χ3v) is 9.23. The number of carbonyl (C=O) groups is 1. The second kappa shape index (κ2) is 9.52. The average Bonchev–Trinajstić information content (AvgIpc) is 3.40. The Bertz CT molecular complexity index is 1090. The number of hydrogen-bond donors (Lipinski definition) is 0. The first kappa shape index (κ1) is 23.3. The first-order valence-electron chi connectivity index (χ1n) is 11.0. The highest BCUT2D eigenvalue weighted by atomic mass is 32.2. The summed E-state index contributed by atoms with van der Waals surface area (Å²) in [5.41, 5.74) is 2.17. The van der Waals surface area contributed by atoms with E-state index in [4.69, 9.17) is 4.98 Å². The first-order valence-corrected chi connectivity index (χ1v) is 13.4. The first-order chi connectivity index (χ1) is 15.3. The van der Waals surface area contributed by atoms with Crippen LogP contribution in [0, 0.1) is 19.7 Å². The molecule has 7 nitrogen and oxygen atoms in total. The minimum Gasteiger partial charge on any atom is -0.339 e. The predicted octanol–water partition coefficient (Wildman–Crippen LogP) is 3.38. The Kier molecular flexibility index (Phi) is 6.92. The van der Waals surface area contributed by atoms with Crippen LogP contribution >= 0.6 is 11.8 Å². The van der Waals surface area contributed by atoms with Gasteiger partial charge >= 0.3 is 0 Å². The number of imidazole rings is 1. The smallest absolute Gasteiger partial charge is 0.243 e. The Morgan fingerprint density at radius 1 is 1.16 bits per heavy atom. The summed E-state index contributed by atoms with van der Waals surface area (Å²) < 4.78 is 42.6. The molecule has 1 aliphatic carbocycles. The van der Waals surface area contributed by atoms with Crippen LogP contribution in [0.3, 0.4) is 0 Å². The van der Waals surface area contributed by atoms with Crippen molar-refractivity contribution in [1.29, 1.82) is 0 Å². The van der Waals surface area contributed by atoms with E-state index in [1.165, 1.54) is 52.8 Å². The lowest BCUT2D eigenvalue weighted by atomic mass is 10.2. The van der Waals surface area contributed by atoms with E-state index in [9.17, 15) is 17.6 Å². The van der Waals surface area contributed by atoms with Crippen LogP contribution in [0.1, 0.15) is 43.1 Å². The quantitative estimate of drug-likeness (QED) is 0.593. The number of aromatic nitrogens is 2. The van der Waals surface area contributed by atoms with E-state index in [-0.39, 0.29) is 29.6 Å². The molecule has 1 aliphatic heterocycles. The van der Waals surface area contributed by atoms with E-state index >= 15 is 0 Å². The van der Waals surface area contributed by atoms with E-state index in [0.29, 0.717) is 19.1 Å². The summed E-state index contributed by atoms with van der Waals surface area (Å²) in [4.78, 5) is 19.2. The van der Waals surface area contributed by atoms with Gasteiger partial charge in [0, 0.05) is 37.9 Å². The molecule has 2 heterocycles. The number of halogens is 1. The van der Waals surface area contributed by atoms with Crippen LogP contribution in [0.5, 0.6) is 0 Å². The standard InChI is InChI=1S/C22H29FN4O3S2/c1-16-17(2)27(19-7-3-4-8-19)22(24-16)31-15-21(28)25-10-12-26(13-11-25)32(29,30)20-9-5-6-18(23)14-20/h5-6,9,14,19H,3-4,7-8,10-13,15H2,1-2H3. The summed E-state index contributed by atoms with van der Waals surface area (Å²) in [5, 5.41) is 0.896. The van der Waals surface area contributed by atoms with Crippen LogP contribution in [0.2, 0.25) is 0 Å². The van der Waals surface area contributed by atoms with Crippen molar-refractivity contribution in [1.82, 2.24) is 18.8 Å². The zero-order chi connectivity index (χ0) is 22.9. The molecule has 0 bridgehead atoms. The van der Waals surface area contributed by atoms with Crippen molar-refractivity contribution in [2.75, 3.05) is 31.9 Å². The van der Waals surface area contributed by atoms with E-state index in [1.54, 1.807) is 4.90 Å². The molecule has 1 saturated carbocycles. The molecule has 0 unspecified atom stereocenters. The zero-order valence-corrected chi connectivity index (χ0v) is 20.1. The second-order valence-electron chi connectivity index (χ2n) is 8.40. The highest BCUT2D eigenvalue weighted by molar-refractivity contribution is 7.99. The Morgan fingerprint density at radius 2 is 1.84 bits per heavy atom. The molecule has 0 N–H and O–H groups in total. The molecule has 0 spiro atoms. The highest BCUT2D eigenvalue weighted by Gasteiger charge is 2.31. The molecular weight excluding hydrogens is 451 g/mol. The molecule has 174 valence electrons. The van der Waals surface area contributed by atoms with Gasteiger partial charge < -0.3 is 9.47 Å². The van der Waals surface area contributed by atoms with Gasteiger partial charge in [-0.3, -0.25) is 4.79 Å². The Balaban J connectivity index is 1.35. The van der Waals surface area contributed by atoms with Crippen LogP contribution in [-0.4, -0.2) is 65.0 Å². The molecule has 1 aromatic heterocycles. The van der Waals surface area contributed by atoms with Crippen LogP contribution in [-0.2, 0) is 14.8 Å². The number of piperazine rings is 1. The fourth-order valence-corrected chi connectivity index (χ4v) is 6.98. The maximum Gasteiger partial charge on any atom is 0.243 e. The SMILES string of the molecule is Cc1nc(SCC(=O)N2CCN(S(=O)(=O)c3cccc(F)c3)CC2)n(C2CCCC2)c1C. The third kappa shape index (κ3) is 4.72. The summed E-state index contributed by atoms with van der Waals surface area (Å²) in [6.07, 6.45) is 4.76. The number of hydrogen-bond acceptors (Lipinski definition) is 5. The Labute approximate surface area is 193 Å². The Morgan fingerprint density at radius 3 is 2.50 bits per heavy atom. The second-order valence-corrected chi connectivity index (χ2v) is 11.3. The van der Waals surface area contributed by atoms with E-state index < -0.39 is 15.8 Å². The number of rotatable bonds is 6. The van der Waals surface area contributed by atoms with Crippen molar-refractivity contribution >= 4 is 27.7 Å². The molecular formula is C22H29FN4O3S2. The van der Waals surface area contributed by atoms with Gasteiger partial charge in [-0.05, 0) is 44.9 Å². The minimum absolute atomic E-state index is 0.0194. The summed E-state index contributed by atoms with van der Waals surface area (Å²) in [5.74, 6) is -0.327. The van der Waals surface area contributed by atoms with Gasteiger partial charge in [0.15, 0.2) is 5.16 Å². The zero-order valence-electron chi connectivity index (χ0n) is 18.5. The number of nitrogens with zero attached hydrogens (tertiary/aromatic N) is 4. The van der Waals surface area contributed by atoms with Crippen LogP contribution in [0.25, 0.3) is 0 Å². The van der Waals surface area contributed by atoms with Crippen LogP contribution < -0.4 is 0 Å². The van der Waals surface area contributed by atoms with Crippen molar-refractivity contribution in [3.8, 4) is 0 Å². The van der Waals surface area contributed by atoms with Gasteiger partial charge in [0.1, 0.15) is 5.82 Å². The third-order valence-electron chi connectivity index (χ3n) is 6.39. The largest absolute Gasteiger partial charge is 0.339 e. The van der Waals surface area contributed by atoms with Gasteiger partial charge in [0.2, 0.25) is 15.9 Å². The van der Waals surface area contributed by atoms with Crippen LogP contribution in [0.15, 0.2) is 34.3 Å². The predicted molar refractivity (Wildman–Crippen MR) is 122 cm³/mol. The van der Waals surface area contributed by atoms with Gasteiger partial charge in [0.05, 0.1) is 16.3 Å². The lowest BCUT2D eigenvalue weighted by molar-refractivity contribution is -0.129. The maximum atomic E-state index is 13.5. The fourth-order valence-electron chi connectivity index (χ4n) is 4.46. The molecule has 0 atom stereocenters. The fraction of sp³-hybridized carbons (Fsp3) is 0.545. The van der Waals surface area contributed by atoms with Gasteiger partial charge in [-0.25, -0.2) is 17.8 Å². The van der Waals surface area contributed by atoms with Gasteiger partial charge in [-0.15, -0.1) is 0 Å². The van der Waals surface area contributed by atoms with Crippen molar-refractivity contribution < 1.29 is 17.6 Å². The lowest BCUT2D eigenvalue weighted by Crippen LogP contribution is -2.51. The summed E-state index contributed by atoms with van der Waals surface area (Å²) in [7, 11) is -3.77. The minimum atomic E-state index is -3.77. The van der Waals surface area contributed by atoms with Crippen molar-refractivity contribution in [2.45, 2.75) is 55.6 Å². The number of carbonyl (C=O) groups excluding carboxylic acids is 1. The Hall–Kier alpha value is -1.91. The number of sulfonamides is 1.